The summed E-state index contributed by atoms with van der Waals surface area (Å²) in [4.78, 5) is 30.4. The lowest BCUT2D eigenvalue weighted by molar-refractivity contribution is -0.134. The number of likely N-dealkylation sites (tertiary alicyclic amines) is 1. The average molecular weight is 363 g/mol. The normalized spacial score (nSPS) is 17.6. The highest BCUT2D eigenvalue weighted by Gasteiger charge is 2.24. The number of carbonyl (C=O) groups excluding carboxylic acids is 1. The first kappa shape index (κ1) is 15.5. The molecule has 1 aliphatic heterocycles. The fourth-order valence-electron chi connectivity index (χ4n) is 2.37. The molecule has 7 heteroatoms. The van der Waals surface area contributed by atoms with Crippen LogP contribution in [0.4, 0.5) is 0 Å². The Hall–Kier alpha value is -0.880. The van der Waals surface area contributed by atoms with E-state index in [1.54, 1.807) is 6.92 Å². The predicted molar refractivity (Wildman–Crippen MR) is 81.0 cm³/mol. The van der Waals surface area contributed by atoms with Crippen LogP contribution in [-0.2, 0) is 4.79 Å². The van der Waals surface area contributed by atoms with E-state index in [4.69, 9.17) is 11.6 Å². The third kappa shape index (κ3) is 3.23. The molecule has 1 amide bonds. The largest absolute Gasteiger partial charge is 0.341 e. The summed E-state index contributed by atoms with van der Waals surface area (Å²) in [7, 11) is 0. The van der Waals surface area contributed by atoms with Gasteiger partial charge in [0.1, 0.15) is 10.5 Å². The molecule has 0 radical (unpaired) electrons. The van der Waals surface area contributed by atoms with Crippen LogP contribution in [0.5, 0.6) is 0 Å². The molecular formula is C13H17BrClN3O2. The van der Waals surface area contributed by atoms with Crippen molar-refractivity contribution in [3.63, 3.8) is 0 Å². The molecule has 1 aromatic heterocycles. The highest BCUT2D eigenvalue weighted by atomic mass is 79.9. The van der Waals surface area contributed by atoms with Crippen LogP contribution in [0.3, 0.4) is 0 Å². The van der Waals surface area contributed by atoms with E-state index in [1.807, 2.05) is 4.90 Å². The fraction of sp³-hybridized carbons (Fsp3) is 0.615. The molecule has 1 saturated heterocycles. The van der Waals surface area contributed by atoms with Crippen molar-refractivity contribution in [1.29, 1.82) is 0 Å². The molecule has 0 bridgehead atoms. The van der Waals surface area contributed by atoms with Crippen LogP contribution in [-0.4, -0.2) is 33.4 Å². The topological polar surface area (TPSA) is 55.2 Å². The van der Waals surface area contributed by atoms with Crippen LogP contribution in [0.25, 0.3) is 0 Å². The van der Waals surface area contributed by atoms with Crippen molar-refractivity contribution in [2.45, 2.75) is 38.6 Å². The summed E-state index contributed by atoms with van der Waals surface area (Å²) in [6, 6.07) is -0.568. The van der Waals surface area contributed by atoms with E-state index in [0.29, 0.717) is 0 Å². The Morgan fingerprint density at radius 2 is 1.95 bits per heavy atom. The maximum absolute atomic E-state index is 12.5. The summed E-state index contributed by atoms with van der Waals surface area (Å²) in [5, 5.41) is 0.112. The second-order valence-corrected chi connectivity index (χ2v) is 6.13. The number of hydrogen-bond donors (Lipinski definition) is 0. The minimum atomic E-state index is -0.568. The lowest BCUT2D eigenvalue weighted by Gasteiger charge is -2.25. The molecule has 2 rings (SSSR count). The number of halogens is 2. The Labute approximate surface area is 131 Å². The van der Waals surface area contributed by atoms with E-state index in [2.05, 4.69) is 20.9 Å². The van der Waals surface area contributed by atoms with Crippen molar-refractivity contribution in [1.82, 2.24) is 14.5 Å². The molecule has 0 N–H and O–H groups in total. The Bertz CT molecular complexity index is 553. The van der Waals surface area contributed by atoms with E-state index < -0.39 is 6.04 Å². The van der Waals surface area contributed by atoms with Gasteiger partial charge in [0.15, 0.2) is 5.15 Å². The zero-order valence-electron chi connectivity index (χ0n) is 11.3. The van der Waals surface area contributed by atoms with Crippen LogP contribution in [0.2, 0.25) is 5.15 Å². The van der Waals surface area contributed by atoms with Gasteiger partial charge < -0.3 is 4.90 Å². The lowest BCUT2D eigenvalue weighted by Crippen LogP contribution is -2.40. The molecule has 1 fully saturated rings. The van der Waals surface area contributed by atoms with E-state index in [9.17, 15) is 9.59 Å². The van der Waals surface area contributed by atoms with Crippen molar-refractivity contribution in [3.8, 4) is 0 Å². The van der Waals surface area contributed by atoms with Gasteiger partial charge in [0.2, 0.25) is 5.91 Å². The predicted octanol–water partition coefficient (Wildman–Crippen LogP) is 2.62. The molecule has 0 aromatic carbocycles. The second kappa shape index (κ2) is 6.72. The molecule has 1 aliphatic rings. The zero-order chi connectivity index (χ0) is 14.7. The summed E-state index contributed by atoms with van der Waals surface area (Å²) >= 11 is 8.88. The highest BCUT2D eigenvalue weighted by Crippen LogP contribution is 2.18. The van der Waals surface area contributed by atoms with Gasteiger partial charge in [0.05, 0.1) is 6.33 Å². The van der Waals surface area contributed by atoms with E-state index in [0.717, 1.165) is 38.8 Å². The Morgan fingerprint density at radius 3 is 2.55 bits per heavy atom. The first-order chi connectivity index (χ1) is 9.52. The van der Waals surface area contributed by atoms with Crippen molar-refractivity contribution >= 4 is 33.4 Å². The number of carbonyl (C=O) groups is 1. The van der Waals surface area contributed by atoms with E-state index in [-0.39, 0.29) is 21.1 Å². The molecule has 0 aliphatic carbocycles. The van der Waals surface area contributed by atoms with Crippen molar-refractivity contribution in [3.05, 3.63) is 26.3 Å². The molecule has 2 heterocycles. The van der Waals surface area contributed by atoms with Gasteiger partial charge in [-0.2, -0.15) is 0 Å². The molecule has 110 valence electrons. The number of hydrogen-bond acceptors (Lipinski definition) is 3. The summed E-state index contributed by atoms with van der Waals surface area (Å²) in [5.74, 6) is -0.0370. The number of nitrogens with zero attached hydrogens (tertiary/aromatic N) is 3. The van der Waals surface area contributed by atoms with Gasteiger partial charge in [-0.15, -0.1) is 0 Å². The highest BCUT2D eigenvalue weighted by molar-refractivity contribution is 9.10. The van der Waals surface area contributed by atoms with Gasteiger partial charge in [-0.3, -0.25) is 14.2 Å². The van der Waals surface area contributed by atoms with Gasteiger partial charge in [-0.1, -0.05) is 24.4 Å². The number of amides is 1. The Morgan fingerprint density at radius 1 is 1.35 bits per heavy atom. The van der Waals surface area contributed by atoms with Crippen molar-refractivity contribution in [2.75, 3.05) is 13.1 Å². The average Bonchev–Trinajstić information content (AvgIpc) is 2.72. The van der Waals surface area contributed by atoms with Gasteiger partial charge in [0.25, 0.3) is 5.56 Å². The van der Waals surface area contributed by atoms with Gasteiger partial charge >= 0.3 is 0 Å². The summed E-state index contributed by atoms with van der Waals surface area (Å²) < 4.78 is 1.51. The summed E-state index contributed by atoms with van der Waals surface area (Å²) in [6.45, 7) is 3.25. The summed E-state index contributed by atoms with van der Waals surface area (Å²) in [6.07, 6.45) is 5.69. The minimum Gasteiger partial charge on any atom is -0.341 e. The third-order valence-corrected chi connectivity index (χ3v) is 4.82. The second-order valence-electron chi connectivity index (χ2n) is 4.98. The molecular weight excluding hydrogens is 346 g/mol. The molecule has 1 atom stereocenters. The molecule has 20 heavy (non-hydrogen) atoms. The molecule has 1 aromatic rings. The van der Waals surface area contributed by atoms with Gasteiger partial charge in [-0.05, 0) is 35.7 Å². The minimum absolute atomic E-state index is 0.0370. The van der Waals surface area contributed by atoms with Crippen molar-refractivity contribution < 1.29 is 4.79 Å². The molecule has 0 spiro atoms. The van der Waals surface area contributed by atoms with E-state index >= 15 is 0 Å². The standard InChI is InChI=1S/C13H17BrClN3O2/c1-9(12(19)17-6-4-2-3-5-7-17)18-8-16-11(15)10(14)13(18)20/h8-9H,2-7H2,1H3. The quantitative estimate of drug-likeness (QED) is 0.760. The first-order valence-electron chi connectivity index (χ1n) is 6.73. The molecule has 5 nitrogen and oxygen atoms in total. The van der Waals surface area contributed by atoms with Crippen LogP contribution >= 0.6 is 27.5 Å². The first-order valence-corrected chi connectivity index (χ1v) is 7.90. The van der Waals surface area contributed by atoms with Crippen LogP contribution in [0, 0.1) is 0 Å². The molecule has 1 unspecified atom stereocenters. The smallest absolute Gasteiger partial charge is 0.269 e. The van der Waals surface area contributed by atoms with Crippen LogP contribution < -0.4 is 5.56 Å². The number of rotatable bonds is 2. The zero-order valence-corrected chi connectivity index (χ0v) is 13.7. The monoisotopic (exact) mass is 361 g/mol. The maximum Gasteiger partial charge on any atom is 0.269 e. The Kier molecular flexibility index (Phi) is 5.21. The SMILES string of the molecule is CC(C(=O)N1CCCCCC1)n1cnc(Cl)c(Br)c1=O. The van der Waals surface area contributed by atoms with Crippen LogP contribution in [0.1, 0.15) is 38.6 Å². The van der Waals surface area contributed by atoms with Gasteiger partial charge in [-0.25, -0.2) is 4.98 Å². The third-order valence-electron chi connectivity index (χ3n) is 3.59. The number of aromatic nitrogens is 2. The van der Waals surface area contributed by atoms with E-state index in [1.165, 1.54) is 10.9 Å². The fourth-order valence-corrected chi connectivity index (χ4v) is 2.81. The summed E-state index contributed by atoms with van der Waals surface area (Å²) in [5.41, 5.74) is -0.333. The van der Waals surface area contributed by atoms with Gasteiger partial charge in [0, 0.05) is 13.1 Å². The van der Waals surface area contributed by atoms with Crippen LogP contribution in [0.15, 0.2) is 15.6 Å². The maximum atomic E-state index is 12.5. The lowest BCUT2D eigenvalue weighted by atomic mass is 10.2. The Balaban J connectivity index is 2.22. The van der Waals surface area contributed by atoms with Crippen molar-refractivity contribution in [2.24, 2.45) is 0 Å². The molecule has 0 saturated carbocycles.